The largest absolute Gasteiger partial charge is 0.405 e. The highest BCUT2D eigenvalue weighted by molar-refractivity contribution is 7.53. The zero-order valence-electron chi connectivity index (χ0n) is 25.1. The number of anilines is 1. The van der Waals surface area contributed by atoms with Gasteiger partial charge in [-0.3, -0.25) is 13.9 Å². The van der Waals surface area contributed by atoms with Gasteiger partial charge in [0.1, 0.15) is 18.1 Å². The van der Waals surface area contributed by atoms with Crippen molar-refractivity contribution in [3.8, 4) is 0 Å². The molecule has 236 valence electrons. The van der Waals surface area contributed by atoms with Gasteiger partial charge in [-0.15, -0.1) is 0 Å². The van der Waals surface area contributed by atoms with Crippen molar-refractivity contribution in [2.24, 2.45) is 0 Å². The van der Waals surface area contributed by atoms with E-state index < -0.39 is 56.6 Å². The zero-order chi connectivity index (χ0) is 32.5. The fraction of sp³-hybridized carbons (Fsp3) is 0.281. The van der Waals surface area contributed by atoms with Crippen LogP contribution >= 0.6 is 7.60 Å². The Balaban J connectivity index is 1.45. The van der Waals surface area contributed by atoms with Crippen LogP contribution in [0.1, 0.15) is 43.8 Å². The lowest BCUT2D eigenvalue weighted by Crippen LogP contribution is -2.67. The molecule has 11 nitrogen and oxygen atoms in total. The molecule has 1 aliphatic rings. The summed E-state index contributed by atoms with van der Waals surface area (Å²) in [5.74, 6) is -0.478. The third kappa shape index (κ3) is 6.36. The number of benzene rings is 3. The Kier molecular flexibility index (Phi) is 9.12. The predicted octanol–water partition coefficient (Wildman–Crippen LogP) is 3.23. The first-order chi connectivity index (χ1) is 21.3. The Bertz CT molecular complexity index is 1710. The van der Waals surface area contributed by atoms with Crippen molar-refractivity contribution in [3.05, 3.63) is 119 Å². The predicted molar refractivity (Wildman–Crippen MR) is 172 cm³/mol. The Morgan fingerprint density at radius 2 is 1.53 bits per heavy atom. The first-order valence-electron chi connectivity index (χ1n) is 14.4. The van der Waals surface area contributed by atoms with Gasteiger partial charge in [0, 0.05) is 18.2 Å². The molecule has 1 aromatic heterocycles. The molecular formula is C32H36N3O8PSi. The summed E-state index contributed by atoms with van der Waals surface area (Å²) < 4.78 is 26.6. The quantitative estimate of drug-likeness (QED) is 0.158. The fourth-order valence-electron chi connectivity index (χ4n) is 5.82. The number of carbonyl (C=O) groups excluding carboxylic acids is 1. The molecule has 5 rings (SSSR count). The molecule has 45 heavy (non-hydrogen) atoms. The monoisotopic (exact) mass is 649 g/mol. The van der Waals surface area contributed by atoms with Crippen LogP contribution in [0.5, 0.6) is 0 Å². The van der Waals surface area contributed by atoms with E-state index in [1.54, 1.807) is 30.3 Å². The summed E-state index contributed by atoms with van der Waals surface area (Å²) in [6, 6.07) is 29.1. The molecule has 3 aromatic carbocycles. The molecule has 4 N–H and O–H groups in total. The van der Waals surface area contributed by atoms with Crippen LogP contribution in [0.2, 0.25) is 5.04 Å². The molecule has 0 spiro atoms. The van der Waals surface area contributed by atoms with Gasteiger partial charge < -0.3 is 29.4 Å². The van der Waals surface area contributed by atoms with Crippen LogP contribution in [0.3, 0.4) is 0 Å². The molecule has 0 radical (unpaired) electrons. The summed E-state index contributed by atoms with van der Waals surface area (Å²) in [6.45, 7) is 5.79. The number of nitrogens with zero attached hydrogens (tertiary/aromatic N) is 2. The van der Waals surface area contributed by atoms with E-state index in [1.165, 1.54) is 12.3 Å². The number of nitrogens with one attached hydrogen (secondary N) is 1. The maximum atomic E-state index is 13.1. The Morgan fingerprint density at radius 1 is 1.00 bits per heavy atom. The number of carbonyl (C=O) groups is 1. The minimum absolute atomic E-state index is 0.0140. The van der Waals surface area contributed by atoms with Crippen molar-refractivity contribution in [1.29, 1.82) is 0 Å². The second-order valence-corrected chi connectivity index (χ2v) is 18.2. The Hall–Kier alpha value is -3.74. The normalized spacial score (nSPS) is 20.6. The van der Waals surface area contributed by atoms with Crippen LogP contribution < -0.4 is 21.4 Å². The number of amides is 1. The molecule has 13 heteroatoms. The van der Waals surface area contributed by atoms with Crippen molar-refractivity contribution < 1.29 is 33.4 Å². The van der Waals surface area contributed by atoms with Gasteiger partial charge in [0.2, 0.25) is 0 Å². The number of rotatable bonds is 9. The van der Waals surface area contributed by atoms with E-state index in [0.29, 0.717) is 5.56 Å². The van der Waals surface area contributed by atoms with Crippen molar-refractivity contribution in [3.63, 3.8) is 0 Å². The van der Waals surface area contributed by atoms with Gasteiger partial charge in [0.15, 0.2) is 5.34 Å². The van der Waals surface area contributed by atoms with Crippen molar-refractivity contribution in [2.45, 2.75) is 49.9 Å². The van der Waals surface area contributed by atoms with Gasteiger partial charge in [-0.1, -0.05) is 99.6 Å². The Morgan fingerprint density at radius 3 is 2.02 bits per heavy atom. The SMILES string of the molecule is CC(C)(C)[Si](OC[C@H]1O[C@@H](n2ccc(NC(=O)c3ccccc3)nc2=O)C[C@]1(O)P(=O)(O)O)(c1ccccc1)c1ccccc1. The van der Waals surface area contributed by atoms with Gasteiger partial charge in [0.05, 0.1) is 6.61 Å². The zero-order valence-corrected chi connectivity index (χ0v) is 27.0. The summed E-state index contributed by atoms with van der Waals surface area (Å²) >= 11 is 0. The highest BCUT2D eigenvalue weighted by atomic mass is 31.2. The van der Waals surface area contributed by atoms with Crippen molar-refractivity contribution in [2.75, 3.05) is 11.9 Å². The number of aromatic nitrogens is 2. The number of hydrogen-bond donors (Lipinski definition) is 4. The van der Waals surface area contributed by atoms with Crippen LogP contribution in [0.4, 0.5) is 5.82 Å². The molecule has 2 heterocycles. The molecule has 1 fully saturated rings. The summed E-state index contributed by atoms with van der Waals surface area (Å²) in [5, 5.41) is 12.8. The maximum Gasteiger partial charge on any atom is 0.359 e. The second-order valence-electron chi connectivity index (χ2n) is 12.0. The highest BCUT2D eigenvalue weighted by Gasteiger charge is 2.61. The topological polar surface area (TPSA) is 160 Å². The summed E-state index contributed by atoms with van der Waals surface area (Å²) in [7, 11) is -8.38. The molecule has 1 saturated heterocycles. The molecular weight excluding hydrogens is 613 g/mol. The van der Waals surface area contributed by atoms with E-state index in [2.05, 4.69) is 31.1 Å². The lowest BCUT2D eigenvalue weighted by Gasteiger charge is -2.44. The number of ether oxygens (including phenoxy) is 1. The van der Waals surface area contributed by atoms with Crippen LogP contribution in [-0.4, -0.2) is 56.7 Å². The highest BCUT2D eigenvalue weighted by Crippen LogP contribution is 2.59. The summed E-state index contributed by atoms with van der Waals surface area (Å²) in [6.07, 6.45) is -2.06. The van der Waals surface area contributed by atoms with Gasteiger partial charge in [0.25, 0.3) is 14.2 Å². The van der Waals surface area contributed by atoms with Crippen LogP contribution in [-0.2, 0) is 13.7 Å². The first-order valence-corrected chi connectivity index (χ1v) is 17.9. The summed E-state index contributed by atoms with van der Waals surface area (Å²) in [4.78, 5) is 50.2. The van der Waals surface area contributed by atoms with E-state index in [-0.39, 0.29) is 12.4 Å². The second kappa shape index (κ2) is 12.6. The average Bonchev–Trinajstić information content (AvgIpc) is 3.35. The van der Waals surface area contributed by atoms with Gasteiger partial charge in [-0.2, -0.15) is 4.98 Å². The van der Waals surface area contributed by atoms with Crippen molar-refractivity contribution in [1.82, 2.24) is 9.55 Å². The number of hydrogen-bond acceptors (Lipinski definition) is 7. The minimum atomic E-state index is -5.21. The molecule has 0 bridgehead atoms. The van der Waals surface area contributed by atoms with E-state index in [0.717, 1.165) is 14.9 Å². The average molecular weight is 650 g/mol. The first kappa shape index (κ1) is 32.6. The molecule has 0 aliphatic carbocycles. The lowest BCUT2D eigenvalue weighted by molar-refractivity contribution is -0.0581. The molecule has 1 amide bonds. The molecule has 4 aromatic rings. The standard InChI is InChI=1S/C32H36N3O8PSi/c1-31(2,3)45(24-15-9-5-10-16-24,25-17-11-6-12-18-25)42-22-26-32(38,44(39,40)41)21-28(43-26)35-20-19-27(34-30(35)37)33-29(36)23-13-7-4-8-14-23/h4-20,26,28,38H,21-22H2,1-3H3,(H2,39,40,41)(H,33,34,36,37)/t26-,28-,32+/m1/s1. The number of aliphatic hydroxyl groups is 1. The lowest BCUT2D eigenvalue weighted by atomic mass is 10.2. The van der Waals surface area contributed by atoms with Crippen molar-refractivity contribution >= 4 is 38.0 Å². The van der Waals surface area contributed by atoms with E-state index in [9.17, 15) is 29.0 Å². The maximum absolute atomic E-state index is 13.1. The Labute approximate surface area is 261 Å². The van der Waals surface area contributed by atoms with Gasteiger partial charge in [-0.25, -0.2) is 4.79 Å². The van der Waals surface area contributed by atoms with Gasteiger partial charge in [-0.05, 0) is 33.6 Å². The molecule has 3 atom stereocenters. The summed E-state index contributed by atoms with van der Waals surface area (Å²) in [5.41, 5.74) is -0.467. The molecule has 0 unspecified atom stereocenters. The van der Waals surface area contributed by atoms with Crippen LogP contribution in [0, 0.1) is 0 Å². The van der Waals surface area contributed by atoms with Gasteiger partial charge >= 0.3 is 13.3 Å². The third-order valence-corrected chi connectivity index (χ3v) is 14.6. The fourth-order valence-corrected chi connectivity index (χ4v) is 11.3. The van der Waals surface area contributed by atoms with E-state index in [4.69, 9.17) is 9.16 Å². The molecule has 0 saturated carbocycles. The van der Waals surface area contributed by atoms with Crippen LogP contribution in [0.15, 0.2) is 108 Å². The smallest absolute Gasteiger partial charge is 0.359 e. The van der Waals surface area contributed by atoms with E-state index in [1.807, 2.05) is 60.7 Å². The minimum Gasteiger partial charge on any atom is -0.405 e. The third-order valence-electron chi connectivity index (χ3n) is 8.10. The molecule has 1 aliphatic heterocycles. The van der Waals surface area contributed by atoms with E-state index >= 15 is 0 Å². The van der Waals surface area contributed by atoms with Crippen LogP contribution in [0.25, 0.3) is 0 Å².